The number of methoxy groups -OCH3 is 1. The van der Waals surface area contributed by atoms with Gasteiger partial charge in [-0.3, -0.25) is 4.68 Å². The van der Waals surface area contributed by atoms with Gasteiger partial charge in [0.1, 0.15) is 17.3 Å². The van der Waals surface area contributed by atoms with Gasteiger partial charge >= 0.3 is 0 Å². The van der Waals surface area contributed by atoms with Gasteiger partial charge in [-0.1, -0.05) is 26.0 Å². The first-order valence-corrected chi connectivity index (χ1v) is 8.62. The van der Waals surface area contributed by atoms with Crippen LogP contribution in [-0.4, -0.2) is 31.7 Å². The first kappa shape index (κ1) is 17.2. The van der Waals surface area contributed by atoms with Crippen molar-refractivity contribution in [1.29, 1.82) is 0 Å². The molecule has 1 aromatic carbocycles. The largest absolute Gasteiger partial charge is 0.494 e. The van der Waals surface area contributed by atoms with E-state index in [1.165, 1.54) is 5.56 Å². The molecule has 0 aliphatic rings. The predicted octanol–water partition coefficient (Wildman–Crippen LogP) is 2.99. The topological polar surface area (TPSA) is 57.8 Å². The summed E-state index contributed by atoms with van der Waals surface area (Å²) in [6, 6.07) is 7.92. The molecule has 0 aliphatic carbocycles. The summed E-state index contributed by atoms with van der Waals surface area (Å²) in [7, 11) is 3.61. The predicted molar refractivity (Wildman–Crippen MR) is 97.1 cm³/mol. The summed E-state index contributed by atoms with van der Waals surface area (Å²) in [4.78, 5) is 4.79. The highest BCUT2D eigenvalue weighted by atomic mass is 16.5. The molecule has 3 aromatic rings. The Bertz CT molecular complexity index is 834. The van der Waals surface area contributed by atoms with Crippen LogP contribution in [0, 0.1) is 5.92 Å². The van der Waals surface area contributed by atoms with E-state index in [0.717, 1.165) is 42.3 Å². The van der Waals surface area contributed by atoms with E-state index < -0.39 is 0 Å². The Hall–Kier alpha value is -2.63. The van der Waals surface area contributed by atoms with Crippen molar-refractivity contribution < 1.29 is 4.74 Å². The van der Waals surface area contributed by atoms with Gasteiger partial charge < -0.3 is 4.74 Å². The zero-order valence-electron chi connectivity index (χ0n) is 15.3. The van der Waals surface area contributed by atoms with E-state index in [2.05, 4.69) is 18.9 Å². The van der Waals surface area contributed by atoms with E-state index in [1.54, 1.807) is 7.11 Å². The third kappa shape index (κ3) is 4.07. The average Bonchev–Trinajstić information content (AvgIpc) is 3.18. The minimum Gasteiger partial charge on any atom is -0.494 e. The second-order valence-electron chi connectivity index (χ2n) is 6.65. The maximum Gasteiger partial charge on any atom is 0.151 e. The van der Waals surface area contributed by atoms with Crippen LogP contribution in [0.1, 0.15) is 31.1 Å². The van der Waals surface area contributed by atoms with Crippen LogP contribution in [0.25, 0.3) is 5.69 Å². The molecule has 0 bridgehead atoms. The number of para-hydroxylation sites is 2. The normalized spacial score (nSPS) is 11.2. The molecular weight excluding hydrogens is 314 g/mol. The smallest absolute Gasteiger partial charge is 0.151 e. The van der Waals surface area contributed by atoms with Crippen LogP contribution in [0.4, 0.5) is 0 Å². The van der Waals surface area contributed by atoms with Gasteiger partial charge in [0.2, 0.25) is 0 Å². The molecule has 2 aromatic heterocycles. The summed E-state index contributed by atoms with van der Waals surface area (Å²) >= 11 is 0. The van der Waals surface area contributed by atoms with Crippen LogP contribution in [0.3, 0.4) is 0 Å². The molecule has 0 saturated heterocycles. The molecule has 0 fully saturated rings. The third-order valence-corrected chi connectivity index (χ3v) is 4.02. The van der Waals surface area contributed by atoms with Gasteiger partial charge in [0.25, 0.3) is 0 Å². The Balaban J connectivity index is 1.93. The van der Waals surface area contributed by atoms with Crippen molar-refractivity contribution in [2.24, 2.45) is 13.0 Å². The maximum atomic E-state index is 5.51. The Morgan fingerprint density at radius 2 is 1.96 bits per heavy atom. The summed E-state index contributed by atoms with van der Waals surface area (Å²) in [5, 5.41) is 8.99. The highest BCUT2D eigenvalue weighted by molar-refractivity contribution is 5.46. The number of hydrogen-bond acceptors (Lipinski definition) is 4. The molecule has 0 atom stereocenters. The van der Waals surface area contributed by atoms with E-state index in [-0.39, 0.29) is 0 Å². The molecule has 2 heterocycles. The maximum absolute atomic E-state index is 5.51. The molecule has 6 nitrogen and oxygen atoms in total. The van der Waals surface area contributed by atoms with Crippen molar-refractivity contribution in [2.75, 3.05) is 7.11 Å². The fourth-order valence-corrected chi connectivity index (χ4v) is 2.86. The number of benzene rings is 1. The number of rotatable bonds is 7. The number of aryl methyl sites for hydroxylation is 3. The molecule has 0 radical (unpaired) electrons. The Kier molecular flexibility index (Phi) is 5.16. The number of hydrogen-bond donors (Lipinski definition) is 0. The van der Waals surface area contributed by atoms with E-state index in [9.17, 15) is 0 Å². The molecule has 25 heavy (non-hydrogen) atoms. The van der Waals surface area contributed by atoms with Crippen LogP contribution in [0.15, 0.2) is 36.7 Å². The van der Waals surface area contributed by atoms with Crippen molar-refractivity contribution in [2.45, 2.75) is 33.1 Å². The highest BCUT2D eigenvalue weighted by Gasteiger charge is 2.15. The first-order valence-electron chi connectivity index (χ1n) is 8.62. The van der Waals surface area contributed by atoms with Gasteiger partial charge in [0.15, 0.2) is 5.82 Å². The minimum atomic E-state index is 0.514. The molecule has 3 rings (SSSR count). The van der Waals surface area contributed by atoms with E-state index >= 15 is 0 Å². The van der Waals surface area contributed by atoms with Crippen molar-refractivity contribution in [3.8, 4) is 11.4 Å². The second-order valence-corrected chi connectivity index (χ2v) is 6.65. The number of aromatic nitrogens is 5. The van der Waals surface area contributed by atoms with Crippen LogP contribution in [0.5, 0.6) is 5.75 Å². The number of nitrogens with zero attached hydrogens (tertiary/aromatic N) is 5. The standard InChI is InChI=1S/C19H25N5O/c1-14(2)11-18-21-19(10-9-15-12-20-23(3)13-15)24(22-18)16-7-5-6-8-17(16)25-4/h5-8,12-14H,9-11H2,1-4H3. The lowest BCUT2D eigenvalue weighted by Gasteiger charge is -2.10. The fraction of sp³-hybridized carbons (Fsp3) is 0.421. The molecule has 0 unspecified atom stereocenters. The Morgan fingerprint density at radius 1 is 1.16 bits per heavy atom. The zero-order valence-corrected chi connectivity index (χ0v) is 15.3. The monoisotopic (exact) mass is 339 g/mol. The van der Waals surface area contributed by atoms with E-state index in [1.807, 2.05) is 53.1 Å². The molecule has 0 saturated carbocycles. The van der Waals surface area contributed by atoms with Gasteiger partial charge in [0, 0.05) is 26.1 Å². The van der Waals surface area contributed by atoms with Crippen molar-refractivity contribution >= 4 is 0 Å². The van der Waals surface area contributed by atoms with Crippen LogP contribution in [0.2, 0.25) is 0 Å². The molecular formula is C19H25N5O. The van der Waals surface area contributed by atoms with Crippen molar-refractivity contribution in [1.82, 2.24) is 24.5 Å². The molecule has 0 spiro atoms. The lowest BCUT2D eigenvalue weighted by molar-refractivity contribution is 0.411. The summed E-state index contributed by atoms with van der Waals surface area (Å²) < 4.78 is 9.26. The van der Waals surface area contributed by atoms with Crippen LogP contribution in [-0.2, 0) is 26.3 Å². The fourth-order valence-electron chi connectivity index (χ4n) is 2.86. The van der Waals surface area contributed by atoms with Crippen LogP contribution < -0.4 is 4.74 Å². The van der Waals surface area contributed by atoms with Gasteiger partial charge in [-0.15, -0.1) is 0 Å². The summed E-state index contributed by atoms with van der Waals surface area (Å²) in [5.41, 5.74) is 2.12. The quantitative estimate of drug-likeness (QED) is 0.664. The Morgan fingerprint density at radius 3 is 2.64 bits per heavy atom. The highest BCUT2D eigenvalue weighted by Crippen LogP contribution is 2.23. The summed E-state index contributed by atoms with van der Waals surface area (Å²) in [5.74, 6) is 3.14. The lowest BCUT2D eigenvalue weighted by atomic mass is 10.1. The summed E-state index contributed by atoms with van der Waals surface area (Å²) in [6.07, 6.45) is 6.48. The molecule has 132 valence electrons. The first-order chi connectivity index (χ1) is 12.1. The molecule has 0 N–H and O–H groups in total. The second kappa shape index (κ2) is 7.51. The van der Waals surface area contributed by atoms with Gasteiger partial charge in [-0.05, 0) is 30.0 Å². The van der Waals surface area contributed by atoms with E-state index in [4.69, 9.17) is 14.8 Å². The number of ether oxygens (including phenoxy) is 1. The molecule has 0 amide bonds. The lowest BCUT2D eigenvalue weighted by Crippen LogP contribution is -2.06. The van der Waals surface area contributed by atoms with Crippen LogP contribution >= 0.6 is 0 Å². The summed E-state index contributed by atoms with van der Waals surface area (Å²) in [6.45, 7) is 4.36. The third-order valence-electron chi connectivity index (χ3n) is 4.02. The van der Waals surface area contributed by atoms with Crippen molar-refractivity contribution in [3.05, 3.63) is 53.9 Å². The average molecular weight is 339 g/mol. The van der Waals surface area contributed by atoms with Crippen molar-refractivity contribution in [3.63, 3.8) is 0 Å². The van der Waals surface area contributed by atoms with E-state index in [0.29, 0.717) is 5.92 Å². The Labute approximate surface area is 148 Å². The van der Waals surface area contributed by atoms with Gasteiger partial charge in [-0.25, -0.2) is 9.67 Å². The molecule has 6 heteroatoms. The SMILES string of the molecule is COc1ccccc1-n1nc(CC(C)C)nc1CCc1cnn(C)c1. The minimum absolute atomic E-state index is 0.514. The van der Waals surface area contributed by atoms with Gasteiger partial charge in [-0.2, -0.15) is 10.2 Å². The molecule has 0 aliphatic heterocycles. The zero-order chi connectivity index (χ0) is 17.8. The van der Waals surface area contributed by atoms with Gasteiger partial charge in [0.05, 0.1) is 13.3 Å².